The summed E-state index contributed by atoms with van der Waals surface area (Å²) in [6.07, 6.45) is 4.21. The van der Waals surface area contributed by atoms with Gasteiger partial charge in [0.25, 0.3) is 5.91 Å². The first-order valence-corrected chi connectivity index (χ1v) is 6.06. The molecule has 1 unspecified atom stereocenters. The van der Waals surface area contributed by atoms with E-state index in [1.165, 1.54) is 0 Å². The molecule has 1 aromatic heterocycles. The molecule has 2 N–H and O–H groups in total. The van der Waals surface area contributed by atoms with Crippen LogP contribution in [-0.4, -0.2) is 35.0 Å². The number of hydrogen-bond acceptors (Lipinski definition) is 4. The predicted molar refractivity (Wildman–Crippen MR) is 68.3 cm³/mol. The summed E-state index contributed by atoms with van der Waals surface area (Å²) in [7, 11) is 0. The van der Waals surface area contributed by atoms with E-state index in [0.29, 0.717) is 11.1 Å². The molecule has 1 aliphatic heterocycles. The van der Waals surface area contributed by atoms with E-state index in [1.807, 2.05) is 12.1 Å². The topological polar surface area (TPSA) is 66.9 Å². The van der Waals surface area contributed by atoms with Crippen LogP contribution in [0.15, 0.2) is 30.6 Å². The Bertz CT molecular complexity index is 573. The van der Waals surface area contributed by atoms with Crippen LogP contribution in [0.5, 0.6) is 0 Å². The minimum atomic E-state index is -0.0743. The van der Waals surface area contributed by atoms with E-state index in [4.69, 9.17) is 0 Å². The average Bonchev–Trinajstić information content (AvgIpc) is 2.91. The lowest BCUT2D eigenvalue weighted by Gasteiger charge is -2.12. The molecule has 1 amide bonds. The van der Waals surface area contributed by atoms with Crippen LogP contribution in [0.2, 0.25) is 0 Å². The van der Waals surface area contributed by atoms with Crippen LogP contribution in [0.1, 0.15) is 16.8 Å². The fourth-order valence-corrected chi connectivity index (χ4v) is 2.22. The van der Waals surface area contributed by atoms with E-state index in [0.717, 1.165) is 25.0 Å². The van der Waals surface area contributed by atoms with Crippen molar-refractivity contribution in [1.29, 1.82) is 0 Å². The molecule has 0 aliphatic carbocycles. The second-order valence-electron chi connectivity index (χ2n) is 4.39. The van der Waals surface area contributed by atoms with Gasteiger partial charge < -0.3 is 10.6 Å². The lowest BCUT2D eigenvalue weighted by Crippen LogP contribution is -2.36. The van der Waals surface area contributed by atoms with Crippen molar-refractivity contribution in [1.82, 2.24) is 20.6 Å². The summed E-state index contributed by atoms with van der Waals surface area (Å²) in [5.41, 5.74) is 1.99. The Morgan fingerprint density at radius 3 is 3.06 bits per heavy atom. The molecule has 0 radical (unpaired) electrons. The molecule has 5 heteroatoms. The highest BCUT2D eigenvalue weighted by atomic mass is 16.1. The minimum absolute atomic E-state index is 0.0743. The fraction of sp³-hybridized carbons (Fsp3) is 0.308. The third kappa shape index (κ3) is 2.04. The van der Waals surface area contributed by atoms with Gasteiger partial charge in [-0.1, -0.05) is 6.07 Å². The standard InChI is InChI=1S/C13H14N4O/c18-13(17-9-4-5-14-8-9)10-2-1-3-11-12(10)16-7-6-15-11/h1-3,6-7,9,14H,4-5,8H2,(H,17,18). The molecule has 1 saturated heterocycles. The minimum Gasteiger partial charge on any atom is -0.348 e. The Balaban J connectivity index is 1.91. The molecule has 5 nitrogen and oxygen atoms in total. The van der Waals surface area contributed by atoms with Crippen molar-refractivity contribution in [2.75, 3.05) is 13.1 Å². The van der Waals surface area contributed by atoms with Gasteiger partial charge in [0.15, 0.2) is 0 Å². The van der Waals surface area contributed by atoms with Gasteiger partial charge in [-0.25, -0.2) is 0 Å². The molecular weight excluding hydrogens is 228 g/mol. The second-order valence-corrected chi connectivity index (χ2v) is 4.39. The fourth-order valence-electron chi connectivity index (χ4n) is 2.22. The molecule has 1 atom stereocenters. The highest BCUT2D eigenvalue weighted by Gasteiger charge is 2.19. The van der Waals surface area contributed by atoms with Crippen molar-refractivity contribution in [3.05, 3.63) is 36.2 Å². The third-order valence-electron chi connectivity index (χ3n) is 3.14. The van der Waals surface area contributed by atoms with E-state index in [1.54, 1.807) is 18.5 Å². The number of benzene rings is 1. The van der Waals surface area contributed by atoms with Crippen LogP contribution < -0.4 is 10.6 Å². The molecule has 92 valence electrons. The van der Waals surface area contributed by atoms with Crippen molar-refractivity contribution in [3.63, 3.8) is 0 Å². The van der Waals surface area contributed by atoms with Crippen LogP contribution in [-0.2, 0) is 0 Å². The summed E-state index contributed by atoms with van der Waals surface area (Å²) in [4.78, 5) is 20.6. The summed E-state index contributed by atoms with van der Waals surface area (Å²) in [6, 6.07) is 5.69. The number of carbonyl (C=O) groups is 1. The molecule has 0 bridgehead atoms. The predicted octanol–water partition coefficient (Wildman–Crippen LogP) is 0.721. The number of nitrogens with zero attached hydrogens (tertiary/aromatic N) is 2. The SMILES string of the molecule is O=C(NC1CCNC1)c1cccc2nccnc12. The molecule has 3 rings (SSSR count). The van der Waals surface area contributed by atoms with Gasteiger partial charge in [-0.05, 0) is 25.1 Å². The van der Waals surface area contributed by atoms with Crippen molar-refractivity contribution >= 4 is 16.9 Å². The van der Waals surface area contributed by atoms with Gasteiger partial charge in [0, 0.05) is 25.0 Å². The number of hydrogen-bond donors (Lipinski definition) is 2. The van der Waals surface area contributed by atoms with E-state index in [2.05, 4.69) is 20.6 Å². The van der Waals surface area contributed by atoms with Gasteiger partial charge in [0.2, 0.25) is 0 Å². The number of para-hydroxylation sites is 1. The monoisotopic (exact) mass is 242 g/mol. The van der Waals surface area contributed by atoms with Gasteiger partial charge in [0.1, 0.15) is 5.52 Å². The Hall–Kier alpha value is -2.01. The highest BCUT2D eigenvalue weighted by molar-refractivity contribution is 6.04. The first-order chi connectivity index (χ1) is 8.84. The van der Waals surface area contributed by atoms with Gasteiger partial charge in [-0.3, -0.25) is 14.8 Å². The molecule has 18 heavy (non-hydrogen) atoms. The van der Waals surface area contributed by atoms with Crippen molar-refractivity contribution in [2.45, 2.75) is 12.5 Å². The summed E-state index contributed by atoms with van der Waals surface area (Å²) >= 11 is 0. The Kier molecular flexibility index (Phi) is 2.90. The van der Waals surface area contributed by atoms with Gasteiger partial charge in [-0.15, -0.1) is 0 Å². The molecule has 2 heterocycles. The molecule has 2 aromatic rings. The smallest absolute Gasteiger partial charge is 0.253 e. The molecular formula is C13H14N4O. The highest BCUT2D eigenvalue weighted by Crippen LogP contribution is 2.14. The van der Waals surface area contributed by atoms with Crippen molar-refractivity contribution in [2.24, 2.45) is 0 Å². The van der Waals surface area contributed by atoms with Crippen LogP contribution in [0.4, 0.5) is 0 Å². The summed E-state index contributed by atoms with van der Waals surface area (Å²) in [5.74, 6) is -0.0743. The number of rotatable bonds is 2. The normalized spacial score (nSPS) is 19.0. The second kappa shape index (κ2) is 4.70. The largest absolute Gasteiger partial charge is 0.348 e. The maximum Gasteiger partial charge on any atom is 0.253 e. The van der Waals surface area contributed by atoms with Crippen LogP contribution in [0.3, 0.4) is 0 Å². The van der Waals surface area contributed by atoms with E-state index < -0.39 is 0 Å². The zero-order chi connectivity index (χ0) is 12.4. The summed E-state index contributed by atoms with van der Waals surface area (Å²) in [5, 5.41) is 6.24. The molecule has 1 aliphatic rings. The van der Waals surface area contributed by atoms with E-state index >= 15 is 0 Å². The first kappa shape index (κ1) is 11.1. The maximum absolute atomic E-state index is 12.2. The summed E-state index contributed by atoms with van der Waals surface area (Å²) < 4.78 is 0. The molecule has 1 fully saturated rings. The number of nitrogens with one attached hydrogen (secondary N) is 2. The Morgan fingerprint density at radius 2 is 2.22 bits per heavy atom. The van der Waals surface area contributed by atoms with Crippen LogP contribution in [0, 0.1) is 0 Å². The average molecular weight is 242 g/mol. The Labute approximate surface area is 105 Å². The van der Waals surface area contributed by atoms with Gasteiger partial charge in [0.05, 0.1) is 11.1 Å². The number of amides is 1. The lowest BCUT2D eigenvalue weighted by molar-refractivity contribution is 0.0941. The molecule has 0 spiro atoms. The molecule has 0 saturated carbocycles. The first-order valence-electron chi connectivity index (χ1n) is 6.06. The number of fused-ring (bicyclic) bond motifs is 1. The van der Waals surface area contributed by atoms with Gasteiger partial charge >= 0.3 is 0 Å². The van der Waals surface area contributed by atoms with Gasteiger partial charge in [-0.2, -0.15) is 0 Å². The zero-order valence-electron chi connectivity index (χ0n) is 9.89. The van der Waals surface area contributed by atoms with Crippen LogP contribution >= 0.6 is 0 Å². The lowest BCUT2D eigenvalue weighted by atomic mass is 10.1. The van der Waals surface area contributed by atoms with Crippen molar-refractivity contribution in [3.8, 4) is 0 Å². The number of aromatic nitrogens is 2. The van der Waals surface area contributed by atoms with E-state index in [-0.39, 0.29) is 11.9 Å². The quantitative estimate of drug-likeness (QED) is 0.814. The Morgan fingerprint density at radius 1 is 1.33 bits per heavy atom. The van der Waals surface area contributed by atoms with Crippen molar-refractivity contribution < 1.29 is 4.79 Å². The zero-order valence-corrected chi connectivity index (χ0v) is 9.89. The summed E-state index contributed by atoms with van der Waals surface area (Å²) in [6.45, 7) is 1.79. The maximum atomic E-state index is 12.2. The third-order valence-corrected chi connectivity index (χ3v) is 3.14. The van der Waals surface area contributed by atoms with Crippen LogP contribution in [0.25, 0.3) is 11.0 Å². The van der Waals surface area contributed by atoms with E-state index in [9.17, 15) is 4.79 Å². The number of carbonyl (C=O) groups excluding carboxylic acids is 1. The molecule has 1 aromatic carbocycles.